The van der Waals surface area contributed by atoms with Crippen molar-refractivity contribution in [3.05, 3.63) is 66.4 Å². The molecule has 0 radical (unpaired) electrons. The normalized spacial score (nSPS) is 19.8. The van der Waals surface area contributed by atoms with E-state index in [1.807, 2.05) is 30.3 Å². The van der Waals surface area contributed by atoms with Gasteiger partial charge in [0.05, 0.1) is 12.2 Å². The summed E-state index contributed by atoms with van der Waals surface area (Å²) in [6.45, 7) is 6.03. The molecule has 0 spiro atoms. The number of anilines is 1. The van der Waals surface area contributed by atoms with Crippen LogP contribution >= 0.6 is 0 Å². The highest BCUT2D eigenvalue weighted by Crippen LogP contribution is 2.25. The Hall–Kier alpha value is -3.19. The first kappa shape index (κ1) is 20.7. The van der Waals surface area contributed by atoms with E-state index in [0.717, 1.165) is 63.6 Å². The smallest absolute Gasteiger partial charge is 0.227 e. The third kappa shape index (κ3) is 4.67. The lowest BCUT2D eigenvalue weighted by Crippen LogP contribution is -2.52. The summed E-state index contributed by atoms with van der Waals surface area (Å²) in [6, 6.07) is 18.2. The minimum atomic E-state index is 0.0240. The molecule has 0 aliphatic carbocycles. The van der Waals surface area contributed by atoms with Crippen LogP contribution in [0.15, 0.2) is 65.3 Å². The van der Waals surface area contributed by atoms with Crippen LogP contribution in [-0.4, -0.2) is 65.2 Å². The first-order chi connectivity index (χ1) is 15.8. The fourth-order valence-electron chi connectivity index (χ4n) is 4.66. The van der Waals surface area contributed by atoms with E-state index in [4.69, 9.17) is 4.42 Å². The molecule has 1 unspecified atom stereocenters. The van der Waals surface area contributed by atoms with Crippen molar-refractivity contribution in [3.63, 3.8) is 0 Å². The second-order valence-corrected chi connectivity index (χ2v) is 8.63. The summed E-state index contributed by atoms with van der Waals surface area (Å²) in [5.41, 5.74) is 2.05. The molecule has 2 fully saturated rings. The third-order valence-electron chi connectivity index (χ3n) is 6.45. The SMILES string of the molecule is O=C(C1CCCN(c2ccc(-c3ccco3)nn2)C1)N1CCN(Cc2ccccc2)CC1. The fourth-order valence-corrected chi connectivity index (χ4v) is 4.66. The van der Waals surface area contributed by atoms with Crippen molar-refractivity contribution in [3.8, 4) is 11.5 Å². The number of aromatic nitrogens is 2. The van der Waals surface area contributed by atoms with Crippen LogP contribution in [0.4, 0.5) is 5.82 Å². The molecule has 166 valence electrons. The number of carbonyl (C=O) groups excluding carboxylic acids is 1. The number of nitrogens with zero attached hydrogens (tertiary/aromatic N) is 5. The van der Waals surface area contributed by atoms with Gasteiger partial charge in [0.25, 0.3) is 0 Å². The number of hydrogen-bond donors (Lipinski definition) is 0. The van der Waals surface area contributed by atoms with Crippen LogP contribution in [0.5, 0.6) is 0 Å². The summed E-state index contributed by atoms with van der Waals surface area (Å²) in [6.07, 6.45) is 3.57. The van der Waals surface area contributed by atoms with Gasteiger partial charge in [-0.25, -0.2) is 0 Å². The van der Waals surface area contributed by atoms with Crippen LogP contribution in [-0.2, 0) is 11.3 Å². The lowest BCUT2D eigenvalue weighted by atomic mass is 9.96. The Bertz CT molecular complexity index is 999. The summed E-state index contributed by atoms with van der Waals surface area (Å²) in [5.74, 6) is 1.85. The maximum Gasteiger partial charge on any atom is 0.227 e. The van der Waals surface area contributed by atoms with Gasteiger partial charge in [0.1, 0.15) is 5.69 Å². The molecule has 2 aromatic heterocycles. The molecule has 32 heavy (non-hydrogen) atoms. The first-order valence-electron chi connectivity index (χ1n) is 11.4. The zero-order valence-electron chi connectivity index (χ0n) is 18.3. The number of carbonyl (C=O) groups is 1. The van der Waals surface area contributed by atoms with Gasteiger partial charge in [0, 0.05) is 45.8 Å². The molecule has 0 N–H and O–H groups in total. The lowest BCUT2D eigenvalue weighted by Gasteiger charge is -2.39. The van der Waals surface area contributed by atoms with E-state index in [9.17, 15) is 4.79 Å². The van der Waals surface area contributed by atoms with Crippen LogP contribution in [0.25, 0.3) is 11.5 Å². The molecule has 5 rings (SSSR count). The Morgan fingerprint density at radius 1 is 0.938 bits per heavy atom. The maximum absolute atomic E-state index is 13.2. The van der Waals surface area contributed by atoms with Gasteiger partial charge in [0.15, 0.2) is 11.6 Å². The highest BCUT2D eigenvalue weighted by atomic mass is 16.3. The van der Waals surface area contributed by atoms with E-state index in [0.29, 0.717) is 12.3 Å². The molecule has 7 nitrogen and oxygen atoms in total. The predicted octanol–water partition coefficient (Wildman–Crippen LogP) is 3.30. The van der Waals surface area contributed by atoms with E-state index in [1.165, 1.54) is 5.56 Å². The van der Waals surface area contributed by atoms with E-state index in [-0.39, 0.29) is 11.8 Å². The van der Waals surface area contributed by atoms with Crippen molar-refractivity contribution in [1.82, 2.24) is 20.0 Å². The molecule has 4 heterocycles. The molecule has 1 atom stereocenters. The van der Waals surface area contributed by atoms with Crippen molar-refractivity contribution in [1.29, 1.82) is 0 Å². The summed E-state index contributed by atoms with van der Waals surface area (Å²) in [4.78, 5) is 19.9. The molecule has 3 aromatic rings. The average molecular weight is 432 g/mol. The minimum Gasteiger partial charge on any atom is -0.463 e. The van der Waals surface area contributed by atoms with E-state index >= 15 is 0 Å². The van der Waals surface area contributed by atoms with E-state index in [2.05, 4.69) is 49.2 Å². The zero-order chi connectivity index (χ0) is 21.8. The number of rotatable bonds is 5. The molecule has 0 saturated carbocycles. The topological polar surface area (TPSA) is 65.7 Å². The predicted molar refractivity (Wildman–Crippen MR) is 123 cm³/mol. The van der Waals surface area contributed by atoms with Crippen LogP contribution in [0, 0.1) is 5.92 Å². The summed E-state index contributed by atoms with van der Waals surface area (Å²) in [5, 5.41) is 8.71. The Kier molecular flexibility index (Phi) is 6.16. The number of furan rings is 1. The Labute approximate surface area is 188 Å². The van der Waals surface area contributed by atoms with Crippen LogP contribution in [0.2, 0.25) is 0 Å². The molecular formula is C25H29N5O2. The maximum atomic E-state index is 13.2. The Morgan fingerprint density at radius 3 is 2.50 bits per heavy atom. The number of hydrogen-bond acceptors (Lipinski definition) is 6. The van der Waals surface area contributed by atoms with Gasteiger partial charge in [0.2, 0.25) is 5.91 Å². The Balaban J connectivity index is 1.15. The molecule has 1 amide bonds. The van der Waals surface area contributed by atoms with Gasteiger partial charge in [-0.3, -0.25) is 9.69 Å². The Morgan fingerprint density at radius 2 is 1.78 bits per heavy atom. The zero-order valence-corrected chi connectivity index (χ0v) is 18.3. The van der Waals surface area contributed by atoms with Crippen molar-refractivity contribution < 1.29 is 9.21 Å². The van der Waals surface area contributed by atoms with Gasteiger partial charge < -0.3 is 14.2 Å². The monoisotopic (exact) mass is 431 g/mol. The van der Waals surface area contributed by atoms with Gasteiger partial charge >= 0.3 is 0 Å². The van der Waals surface area contributed by atoms with Crippen LogP contribution < -0.4 is 4.90 Å². The molecule has 7 heteroatoms. The standard InChI is InChI=1S/C25H29N5O2/c31-25(29-15-13-28(14-16-29)18-20-6-2-1-3-7-20)21-8-4-12-30(19-21)24-11-10-22(26-27-24)23-9-5-17-32-23/h1-3,5-7,9-11,17,21H,4,8,12-16,18-19H2. The van der Waals surface area contributed by atoms with Crippen molar-refractivity contribution in [2.24, 2.45) is 5.92 Å². The van der Waals surface area contributed by atoms with Crippen molar-refractivity contribution in [2.45, 2.75) is 19.4 Å². The van der Waals surface area contributed by atoms with Gasteiger partial charge in [-0.1, -0.05) is 30.3 Å². The molecule has 2 saturated heterocycles. The summed E-state index contributed by atoms with van der Waals surface area (Å²) < 4.78 is 5.39. The fraction of sp³-hybridized carbons (Fsp3) is 0.400. The van der Waals surface area contributed by atoms with Gasteiger partial charge in [-0.05, 0) is 42.7 Å². The van der Waals surface area contributed by atoms with Crippen molar-refractivity contribution in [2.75, 3.05) is 44.2 Å². The highest BCUT2D eigenvalue weighted by molar-refractivity contribution is 5.80. The molecule has 2 aliphatic heterocycles. The second-order valence-electron chi connectivity index (χ2n) is 8.63. The quantitative estimate of drug-likeness (QED) is 0.618. The largest absolute Gasteiger partial charge is 0.463 e. The average Bonchev–Trinajstić information content (AvgIpc) is 3.40. The number of benzene rings is 1. The summed E-state index contributed by atoms with van der Waals surface area (Å²) >= 11 is 0. The first-order valence-corrected chi connectivity index (χ1v) is 11.4. The van der Waals surface area contributed by atoms with E-state index in [1.54, 1.807) is 6.26 Å². The number of amides is 1. The second kappa shape index (κ2) is 9.53. The lowest BCUT2D eigenvalue weighted by molar-refractivity contribution is -0.137. The third-order valence-corrected chi connectivity index (χ3v) is 6.45. The van der Waals surface area contributed by atoms with Crippen molar-refractivity contribution >= 4 is 11.7 Å². The number of piperidine rings is 1. The highest BCUT2D eigenvalue weighted by Gasteiger charge is 2.31. The van der Waals surface area contributed by atoms with Crippen LogP contribution in [0.1, 0.15) is 18.4 Å². The number of piperazine rings is 1. The molecule has 0 bridgehead atoms. The molecular weight excluding hydrogens is 402 g/mol. The van der Waals surface area contributed by atoms with Gasteiger partial charge in [-0.2, -0.15) is 0 Å². The molecule has 2 aliphatic rings. The van der Waals surface area contributed by atoms with Crippen LogP contribution in [0.3, 0.4) is 0 Å². The van der Waals surface area contributed by atoms with E-state index < -0.39 is 0 Å². The summed E-state index contributed by atoms with van der Waals surface area (Å²) in [7, 11) is 0. The molecule has 1 aromatic carbocycles. The van der Waals surface area contributed by atoms with Gasteiger partial charge in [-0.15, -0.1) is 10.2 Å². The minimum absolute atomic E-state index is 0.0240.